The average molecular weight is 210 g/mol. The molecule has 0 rings (SSSR count). The molecule has 0 heterocycles. The number of hydrogen-bond donors (Lipinski definition) is 1. The van der Waals surface area contributed by atoms with Crippen LogP contribution in [0.15, 0.2) is 11.6 Å². The third-order valence-electron chi connectivity index (χ3n) is 1.29. The van der Waals surface area contributed by atoms with Crippen LogP contribution in [0.25, 0.3) is 0 Å². The van der Waals surface area contributed by atoms with Gasteiger partial charge in [0.05, 0.1) is 0 Å². The average Bonchev–Trinajstić information content (AvgIpc) is 1.96. The Labute approximate surface area is 119 Å². The van der Waals surface area contributed by atoms with Crippen LogP contribution in [0.5, 0.6) is 0 Å². The van der Waals surface area contributed by atoms with Crippen molar-refractivity contribution in [3.05, 3.63) is 11.6 Å². The minimum Gasteiger partial charge on any atom is -0.550 e. The summed E-state index contributed by atoms with van der Waals surface area (Å²) in [5.74, 6) is -2.55. The van der Waals surface area contributed by atoms with Crippen molar-refractivity contribution in [1.29, 1.82) is 0 Å². The summed E-state index contributed by atoms with van der Waals surface area (Å²) in [5, 5.41) is 18.6. The molecular weight excluding hydrogens is 199 g/mol. The fraction of sp³-hybridized carbons (Fsp3) is 0.500. The van der Waals surface area contributed by atoms with Gasteiger partial charge in [0.15, 0.2) is 0 Å². The van der Waals surface area contributed by atoms with E-state index in [2.05, 4.69) is 0 Å². The molecule has 0 aromatic rings. The minimum absolute atomic E-state index is 0. The number of carboxylic acids is 2. The number of carboxylic acid groups (broad SMARTS) is 2. The molecule has 5 heteroatoms. The zero-order chi connectivity index (χ0) is 9.56. The molecule has 13 heavy (non-hydrogen) atoms. The van der Waals surface area contributed by atoms with Crippen LogP contribution in [0, 0.1) is 0 Å². The SMILES string of the molecule is CCC/C=C(/CC(=O)[O-])C(=O)O.[K+]. The van der Waals surface area contributed by atoms with Crippen LogP contribution in [-0.2, 0) is 9.59 Å². The molecule has 1 N–H and O–H groups in total. The Morgan fingerprint density at radius 1 is 1.46 bits per heavy atom. The summed E-state index contributed by atoms with van der Waals surface area (Å²) in [7, 11) is 0. The molecule has 0 fully saturated rings. The zero-order valence-corrected chi connectivity index (χ0v) is 11.0. The largest absolute Gasteiger partial charge is 1.00 e. The molecule has 0 aromatic heterocycles. The van der Waals surface area contributed by atoms with E-state index in [0.29, 0.717) is 6.42 Å². The maximum Gasteiger partial charge on any atom is 1.00 e. The number of unbranched alkanes of at least 4 members (excludes halogenated alkanes) is 1. The van der Waals surface area contributed by atoms with Crippen LogP contribution in [0.2, 0.25) is 0 Å². The van der Waals surface area contributed by atoms with E-state index in [1.54, 1.807) is 0 Å². The fourth-order valence-corrected chi connectivity index (χ4v) is 0.709. The number of carbonyl (C=O) groups excluding carboxylic acids is 1. The molecule has 4 nitrogen and oxygen atoms in total. The molecule has 0 spiro atoms. The van der Waals surface area contributed by atoms with E-state index in [9.17, 15) is 14.7 Å². The van der Waals surface area contributed by atoms with Gasteiger partial charge in [-0.2, -0.15) is 0 Å². The molecule has 0 amide bonds. The van der Waals surface area contributed by atoms with Gasteiger partial charge in [0.2, 0.25) is 0 Å². The van der Waals surface area contributed by atoms with E-state index in [0.717, 1.165) is 6.42 Å². The molecule has 0 saturated heterocycles. The van der Waals surface area contributed by atoms with E-state index in [1.807, 2.05) is 6.92 Å². The molecular formula is C8H11KO4. The molecule has 0 aliphatic carbocycles. The minimum atomic E-state index is -1.36. The van der Waals surface area contributed by atoms with Gasteiger partial charge in [-0.1, -0.05) is 19.4 Å². The first-order chi connectivity index (χ1) is 5.57. The smallest absolute Gasteiger partial charge is 0.550 e. The van der Waals surface area contributed by atoms with Gasteiger partial charge in [-0.05, 0) is 6.42 Å². The molecule has 0 aliphatic rings. The number of rotatable bonds is 5. The summed E-state index contributed by atoms with van der Waals surface area (Å²) in [6.07, 6.45) is 2.27. The van der Waals surface area contributed by atoms with Crippen molar-refractivity contribution < 1.29 is 71.2 Å². The monoisotopic (exact) mass is 210 g/mol. The molecule has 68 valence electrons. The first kappa shape index (κ1) is 15.8. The Balaban J connectivity index is 0. The normalized spacial score (nSPS) is 10.4. The molecule has 0 aromatic carbocycles. The Kier molecular flexibility index (Phi) is 10.8. The quantitative estimate of drug-likeness (QED) is 0.386. The summed E-state index contributed by atoms with van der Waals surface area (Å²) >= 11 is 0. The Bertz CT molecular complexity index is 210. The second kappa shape index (κ2) is 8.89. The van der Waals surface area contributed by atoms with Gasteiger partial charge in [-0.15, -0.1) is 0 Å². The second-order valence-electron chi connectivity index (χ2n) is 2.37. The Hall–Kier alpha value is 0.316. The molecule has 0 atom stereocenters. The van der Waals surface area contributed by atoms with E-state index in [4.69, 9.17) is 5.11 Å². The van der Waals surface area contributed by atoms with Crippen LogP contribution in [0.1, 0.15) is 26.2 Å². The Morgan fingerprint density at radius 3 is 2.31 bits per heavy atom. The van der Waals surface area contributed by atoms with Crippen molar-refractivity contribution in [1.82, 2.24) is 0 Å². The summed E-state index contributed by atoms with van der Waals surface area (Å²) < 4.78 is 0. The van der Waals surface area contributed by atoms with Gasteiger partial charge in [-0.3, -0.25) is 0 Å². The first-order valence-corrected chi connectivity index (χ1v) is 3.70. The summed E-state index contributed by atoms with van der Waals surface area (Å²) in [5.41, 5.74) is -0.100. The van der Waals surface area contributed by atoms with Crippen LogP contribution in [0.3, 0.4) is 0 Å². The van der Waals surface area contributed by atoms with Crippen molar-refractivity contribution in [2.45, 2.75) is 26.2 Å². The van der Waals surface area contributed by atoms with E-state index >= 15 is 0 Å². The molecule has 0 aliphatic heterocycles. The van der Waals surface area contributed by atoms with Gasteiger partial charge in [0.1, 0.15) is 0 Å². The molecule has 0 bridgehead atoms. The van der Waals surface area contributed by atoms with Gasteiger partial charge in [0.25, 0.3) is 0 Å². The topological polar surface area (TPSA) is 77.4 Å². The predicted molar refractivity (Wildman–Crippen MR) is 40.3 cm³/mol. The number of aliphatic carboxylic acids is 2. The summed E-state index contributed by atoms with van der Waals surface area (Å²) in [4.78, 5) is 20.4. The van der Waals surface area contributed by atoms with E-state index in [-0.39, 0.29) is 57.0 Å². The van der Waals surface area contributed by atoms with Crippen molar-refractivity contribution in [2.75, 3.05) is 0 Å². The maximum atomic E-state index is 10.4. The van der Waals surface area contributed by atoms with Crippen molar-refractivity contribution in [3.8, 4) is 0 Å². The van der Waals surface area contributed by atoms with Crippen molar-refractivity contribution in [2.24, 2.45) is 0 Å². The first-order valence-electron chi connectivity index (χ1n) is 3.70. The number of allylic oxidation sites excluding steroid dienone is 1. The van der Waals surface area contributed by atoms with Crippen LogP contribution >= 0.6 is 0 Å². The van der Waals surface area contributed by atoms with Crippen LogP contribution < -0.4 is 56.5 Å². The van der Waals surface area contributed by atoms with Crippen LogP contribution in [0.4, 0.5) is 0 Å². The third kappa shape index (κ3) is 8.64. The summed E-state index contributed by atoms with van der Waals surface area (Å²) in [6, 6.07) is 0. The standard InChI is InChI=1S/C8H12O4.K/c1-2-3-4-6(8(11)12)5-7(9)10;/h4H,2-3,5H2,1H3,(H,9,10)(H,11,12);/q;+1/p-1/b6-4-;. The number of hydrogen-bond acceptors (Lipinski definition) is 3. The third-order valence-corrected chi connectivity index (χ3v) is 1.29. The van der Waals surface area contributed by atoms with Gasteiger partial charge in [-0.25, -0.2) is 4.79 Å². The van der Waals surface area contributed by atoms with E-state index < -0.39 is 18.4 Å². The maximum absolute atomic E-state index is 10.4. The van der Waals surface area contributed by atoms with Gasteiger partial charge >= 0.3 is 57.4 Å². The predicted octanol–water partition coefficient (Wildman–Crippen LogP) is -3.06. The van der Waals surface area contributed by atoms with Crippen molar-refractivity contribution in [3.63, 3.8) is 0 Å². The summed E-state index contributed by atoms with van der Waals surface area (Å²) in [6.45, 7) is 1.88. The zero-order valence-electron chi connectivity index (χ0n) is 7.87. The number of carbonyl (C=O) groups is 2. The van der Waals surface area contributed by atoms with E-state index in [1.165, 1.54) is 6.08 Å². The Morgan fingerprint density at radius 2 is 2.00 bits per heavy atom. The van der Waals surface area contributed by atoms with Crippen molar-refractivity contribution >= 4 is 11.9 Å². The van der Waals surface area contributed by atoms with Gasteiger partial charge in [0, 0.05) is 18.0 Å². The molecule has 0 saturated carbocycles. The van der Waals surface area contributed by atoms with Crippen LogP contribution in [-0.4, -0.2) is 17.0 Å². The second-order valence-corrected chi connectivity index (χ2v) is 2.37. The van der Waals surface area contributed by atoms with Gasteiger partial charge < -0.3 is 15.0 Å². The fourth-order valence-electron chi connectivity index (χ4n) is 0.709. The molecule has 0 unspecified atom stereocenters. The molecule has 0 radical (unpaired) electrons.